The first-order valence-electron chi connectivity index (χ1n) is 17.7. The zero-order chi connectivity index (χ0) is 36.5. The van der Waals surface area contributed by atoms with Crippen molar-refractivity contribution in [2.45, 2.75) is 38.2 Å². The van der Waals surface area contributed by atoms with E-state index < -0.39 is 0 Å². The summed E-state index contributed by atoms with van der Waals surface area (Å²) in [6.07, 6.45) is 3.97. The van der Waals surface area contributed by atoms with Crippen LogP contribution in [0.4, 0.5) is 11.4 Å². The van der Waals surface area contributed by atoms with Crippen molar-refractivity contribution in [3.63, 3.8) is 0 Å². The van der Waals surface area contributed by atoms with Crippen molar-refractivity contribution < 1.29 is 14.3 Å². The second-order valence-electron chi connectivity index (χ2n) is 13.2. The topological polar surface area (TPSA) is 63.2 Å². The maximum Gasteiger partial charge on any atom is 0.264 e. The lowest BCUT2D eigenvalue weighted by atomic mass is 9.76. The van der Waals surface area contributed by atoms with Crippen molar-refractivity contribution in [3.05, 3.63) is 155 Å². The Bertz CT molecular complexity index is 2180. The second kappa shape index (κ2) is 15.8. The number of nitrogens with zero attached hydrogens (tertiary/aromatic N) is 2. The Morgan fingerprint density at radius 1 is 0.887 bits per heavy atom. The molecular formula is C43H36Cl2IN3O3S. The number of ether oxygens (including phenoxy) is 2. The number of anilines is 1. The molecule has 6 nitrogen and oxygen atoms in total. The summed E-state index contributed by atoms with van der Waals surface area (Å²) in [6.45, 7) is 4.70. The first kappa shape index (κ1) is 36.0. The number of carbonyl (C=O) groups is 1. The van der Waals surface area contributed by atoms with Crippen LogP contribution in [0.5, 0.6) is 11.5 Å². The smallest absolute Gasteiger partial charge is 0.264 e. The second-order valence-corrected chi connectivity index (χ2v) is 16.3. The normalized spacial score (nSPS) is 19.3. The predicted octanol–water partition coefficient (Wildman–Crippen LogP) is 11.3. The summed E-state index contributed by atoms with van der Waals surface area (Å²) in [5, 5.41) is 4.70. The quantitative estimate of drug-likeness (QED) is 0.118. The monoisotopic (exact) mass is 871 g/mol. The molecule has 1 fully saturated rings. The van der Waals surface area contributed by atoms with Crippen molar-refractivity contribution in [1.82, 2.24) is 5.32 Å². The number of amidine groups is 1. The van der Waals surface area contributed by atoms with Crippen LogP contribution in [0.25, 0.3) is 6.08 Å². The van der Waals surface area contributed by atoms with Gasteiger partial charge >= 0.3 is 0 Å². The van der Waals surface area contributed by atoms with E-state index in [1.54, 1.807) is 12.1 Å². The molecule has 1 amide bonds. The molecule has 10 heteroatoms. The zero-order valence-corrected chi connectivity index (χ0v) is 33.4. The third-order valence-corrected chi connectivity index (χ3v) is 12.2. The van der Waals surface area contributed by atoms with Gasteiger partial charge in [-0.15, -0.1) is 0 Å². The molecule has 3 aliphatic rings. The van der Waals surface area contributed by atoms with Gasteiger partial charge in [-0.3, -0.25) is 4.79 Å². The molecule has 3 aliphatic heterocycles. The Hall–Kier alpha value is -3.96. The highest BCUT2D eigenvalue weighted by atomic mass is 127. The number of halogens is 3. The Morgan fingerprint density at radius 3 is 2.17 bits per heavy atom. The SMILES string of the molecule is CCOc1cc(/C=C2\SC(=Nc3cc4c5c(c3)[C@@H](c3ccccc3)CCN5CC[C@@H]4c3ccccc3)NC2=O)cc(I)c1OCc1ccc(Cl)cc1Cl. The van der Waals surface area contributed by atoms with Crippen LogP contribution in [0.2, 0.25) is 10.0 Å². The third kappa shape index (κ3) is 7.69. The van der Waals surface area contributed by atoms with Gasteiger partial charge in [-0.2, -0.15) is 0 Å². The zero-order valence-electron chi connectivity index (χ0n) is 29.0. The van der Waals surface area contributed by atoms with Gasteiger partial charge < -0.3 is 19.7 Å². The Labute approximate surface area is 337 Å². The van der Waals surface area contributed by atoms with Crippen molar-refractivity contribution >= 4 is 86.1 Å². The van der Waals surface area contributed by atoms with Gasteiger partial charge in [-0.1, -0.05) is 89.9 Å². The fourth-order valence-corrected chi connectivity index (χ4v) is 9.60. The van der Waals surface area contributed by atoms with Gasteiger partial charge in [0.15, 0.2) is 16.7 Å². The van der Waals surface area contributed by atoms with Gasteiger partial charge in [-0.05, 0) is 124 Å². The number of aliphatic imine (C=N–C) groups is 1. The molecule has 0 aliphatic carbocycles. The number of rotatable bonds is 9. The van der Waals surface area contributed by atoms with E-state index in [9.17, 15) is 4.79 Å². The van der Waals surface area contributed by atoms with Crippen molar-refractivity contribution in [1.29, 1.82) is 0 Å². The molecule has 5 aromatic carbocycles. The minimum Gasteiger partial charge on any atom is -0.490 e. The number of thioether (sulfide) groups is 1. The van der Waals surface area contributed by atoms with Crippen LogP contribution in [-0.4, -0.2) is 30.8 Å². The Morgan fingerprint density at radius 2 is 1.55 bits per heavy atom. The minimum atomic E-state index is -0.186. The van der Waals surface area contributed by atoms with E-state index in [1.807, 2.05) is 31.2 Å². The van der Waals surface area contributed by atoms with Crippen LogP contribution in [0.3, 0.4) is 0 Å². The summed E-state index contributed by atoms with van der Waals surface area (Å²) >= 11 is 16.1. The number of benzene rings is 5. The molecule has 268 valence electrons. The average molecular weight is 873 g/mol. The highest BCUT2D eigenvalue weighted by Crippen LogP contribution is 2.50. The van der Waals surface area contributed by atoms with Crippen LogP contribution < -0.4 is 19.7 Å². The van der Waals surface area contributed by atoms with Crippen LogP contribution in [-0.2, 0) is 11.4 Å². The van der Waals surface area contributed by atoms with E-state index in [0.29, 0.717) is 38.2 Å². The van der Waals surface area contributed by atoms with Gasteiger partial charge in [0.25, 0.3) is 5.91 Å². The lowest BCUT2D eigenvalue weighted by Gasteiger charge is -2.43. The van der Waals surface area contributed by atoms with Gasteiger partial charge in [-0.25, -0.2) is 4.99 Å². The van der Waals surface area contributed by atoms with Gasteiger partial charge in [0, 0.05) is 46.2 Å². The molecule has 5 aromatic rings. The molecule has 0 spiro atoms. The van der Waals surface area contributed by atoms with E-state index in [4.69, 9.17) is 37.7 Å². The number of nitrogens with one attached hydrogen (secondary N) is 1. The highest BCUT2D eigenvalue weighted by molar-refractivity contribution is 14.1. The summed E-state index contributed by atoms with van der Waals surface area (Å²) in [7, 11) is 0. The van der Waals surface area contributed by atoms with Crippen LogP contribution >= 0.6 is 57.6 Å². The molecular weight excluding hydrogens is 836 g/mol. The Kier molecular flexibility index (Phi) is 10.7. The molecule has 0 bridgehead atoms. The Balaban J connectivity index is 1.11. The summed E-state index contributed by atoms with van der Waals surface area (Å²) in [5.41, 5.74) is 9.10. The maximum absolute atomic E-state index is 13.4. The van der Waals surface area contributed by atoms with Crippen LogP contribution in [0.1, 0.15) is 65.0 Å². The van der Waals surface area contributed by atoms with E-state index in [2.05, 4.69) is 106 Å². The number of hydrogen-bond acceptors (Lipinski definition) is 6. The van der Waals surface area contributed by atoms with E-state index in [1.165, 1.54) is 39.7 Å². The highest BCUT2D eigenvalue weighted by Gasteiger charge is 2.35. The summed E-state index contributed by atoms with van der Waals surface area (Å²) < 4.78 is 13.1. The summed E-state index contributed by atoms with van der Waals surface area (Å²) in [5.74, 6) is 1.56. The van der Waals surface area contributed by atoms with Gasteiger partial charge in [0.2, 0.25) is 0 Å². The third-order valence-electron chi connectivity index (χ3n) is 9.90. The van der Waals surface area contributed by atoms with Crippen molar-refractivity contribution in [2.24, 2.45) is 4.99 Å². The van der Waals surface area contributed by atoms with E-state index in [0.717, 1.165) is 46.3 Å². The lowest BCUT2D eigenvalue weighted by molar-refractivity contribution is -0.115. The predicted molar refractivity (Wildman–Crippen MR) is 226 cm³/mol. The molecule has 53 heavy (non-hydrogen) atoms. The number of hydrogen-bond donors (Lipinski definition) is 1. The molecule has 0 unspecified atom stereocenters. The average Bonchev–Trinajstić information content (AvgIpc) is 3.50. The molecule has 2 atom stereocenters. The standard InChI is InChI=1S/C43H36Cl2IN3O3S/c1-2-51-38-20-26(19-37(46)41(38)52-25-29-13-14-30(44)22-36(29)45)21-39-42(50)48-43(53-39)47-31-23-34-32(27-9-5-3-6-10-27)15-17-49-18-16-33(35(24-31)40(34)49)28-11-7-4-8-12-28/h3-14,19-24,32-33H,2,15-18,25H2,1H3,(H,47,48,50)/b39-21-/t32-,33-/m1/s1. The maximum atomic E-state index is 13.4. The molecule has 0 saturated carbocycles. The van der Waals surface area contributed by atoms with Crippen molar-refractivity contribution in [2.75, 3.05) is 24.6 Å². The van der Waals surface area contributed by atoms with E-state index >= 15 is 0 Å². The largest absolute Gasteiger partial charge is 0.490 e. The van der Waals surface area contributed by atoms with Crippen LogP contribution in [0, 0.1) is 3.57 Å². The summed E-state index contributed by atoms with van der Waals surface area (Å²) in [6, 6.07) is 35.3. The molecule has 1 N–H and O–H groups in total. The fourth-order valence-electron chi connectivity index (χ4n) is 7.52. The molecule has 3 heterocycles. The number of amides is 1. The molecule has 8 rings (SSSR count). The van der Waals surface area contributed by atoms with Gasteiger partial charge in [0.05, 0.1) is 20.8 Å². The lowest BCUT2D eigenvalue weighted by Crippen LogP contribution is -2.37. The molecule has 0 aromatic heterocycles. The first-order valence-corrected chi connectivity index (χ1v) is 20.3. The molecule has 0 radical (unpaired) electrons. The van der Waals surface area contributed by atoms with Crippen LogP contribution in [0.15, 0.2) is 113 Å². The molecule has 1 saturated heterocycles. The van der Waals surface area contributed by atoms with Gasteiger partial charge in [0.1, 0.15) is 6.61 Å². The summed E-state index contributed by atoms with van der Waals surface area (Å²) in [4.78, 5) is 21.6. The van der Waals surface area contributed by atoms with E-state index in [-0.39, 0.29) is 24.3 Å². The minimum absolute atomic E-state index is 0.186. The fraction of sp³-hybridized carbons (Fsp3) is 0.209. The first-order chi connectivity index (χ1) is 25.8. The van der Waals surface area contributed by atoms with Crippen molar-refractivity contribution in [3.8, 4) is 11.5 Å². The number of carbonyl (C=O) groups excluding carboxylic acids is 1.